The van der Waals surface area contributed by atoms with Crippen LogP contribution < -0.4 is 20.9 Å². The summed E-state index contributed by atoms with van der Waals surface area (Å²) in [5.74, 6) is 0.472. The number of nitrogens with one attached hydrogen (secondary N) is 3. The summed E-state index contributed by atoms with van der Waals surface area (Å²) in [5.41, 5.74) is 8.32. The zero-order chi connectivity index (χ0) is 21.0. The molecule has 3 aromatic rings. The maximum absolute atomic E-state index is 11.9. The van der Waals surface area contributed by atoms with Crippen molar-refractivity contribution in [1.29, 1.82) is 0 Å². The largest absolute Gasteiger partial charge is 0.489 e. The Kier molecular flexibility index (Phi) is 8.00. The molecule has 1 amide bonds. The summed E-state index contributed by atoms with van der Waals surface area (Å²) in [5, 5.41) is 3.37. The van der Waals surface area contributed by atoms with Gasteiger partial charge in [-0.15, -0.1) is 0 Å². The second kappa shape index (κ2) is 11.4. The van der Waals surface area contributed by atoms with E-state index in [2.05, 4.69) is 16.2 Å². The zero-order valence-corrected chi connectivity index (χ0v) is 17.2. The van der Waals surface area contributed by atoms with Gasteiger partial charge in [-0.05, 0) is 47.1 Å². The molecule has 3 aromatic carbocycles. The van der Waals surface area contributed by atoms with Crippen LogP contribution >= 0.6 is 12.2 Å². The van der Waals surface area contributed by atoms with Gasteiger partial charge in [0.15, 0.2) is 5.11 Å². The first-order valence-electron chi connectivity index (χ1n) is 9.52. The van der Waals surface area contributed by atoms with Gasteiger partial charge < -0.3 is 10.1 Å². The third-order valence-corrected chi connectivity index (χ3v) is 4.40. The van der Waals surface area contributed by atoms with Gasteiger partial charge in [-0.3, -0.25) is 15.6 Å². The molecule has 0 aliphatic rings. The molecule has 3 rings (SSSR count). The molecule has 3 N–H and O–H groups in total. The van der Waals surface area contributed by atoms with E-state index in [1.807, 2.05) is 84.9 Å². The Morgan fingerprint density at radius 3 is 2.13 bits per heavy atom. The number of benzene rings is 3. The highest BCUT2D eigenvalue weighted by molar-refractivity contribution is 7.80. The van der Waals surface area contributed by atoms with Crippen LogP contribution in [0.2, 0.25) is 0 Å². The summed E-state index contributed by atoms with van der Waals surface area (Å²) in [6.07, 6.45) is 3.16. The Morgan fingerprint density at radius 1 is 0.833 bits per heavy atom. The van der Waals surface area contributed by atoms with Gasteiger partial charge in [-0.1, -0.05) is 72.8 Å². The number of hydrogen-bond acceptors (Lipinski definition) is 3. The average molecular weight is 418 g/mol. The van der Waals surface area contributed by atoms with Crippen molar-refractivity contribution in [2.45, 2.75) is 13.2 Å². The molecule has 0 aliphatic heterocycles. The van der Waals surface area contributed by atoms with Crippen molar-refractivity contribution < 1.29 is 9.53 Å². The fraction of sp³-hybridized carbons (Fsp3) is 0.0833. The molecule has 0 atom stereocenters. The molecular formula is C24H23N3O2S. The van der Waals surface area contributed by atoms with E-state index in [0.29, 0.717) is 18.3 Å². The SMILES string of the molecule is O=C(/C=C/c1ccc(OCc2ccccc2)cc1)NNC(=S)NCc1ccccc1. The van der Waals surface area contributed by atoms with Crippen LogP contribution in [-0.2, 0) is 17.9 Å². The number of hydrazine groups is 1. The van der Waals surface area contributed by atoms with Crippen LogP contribution in [-0.4, -0.2) is 11.0 Å². The van der Waals surface area contributed by atoms with E-state index in [-0.39, 0.29) is 5.91 Å². The molecule has 0 saturated carbocycles. The maximum Gasteiger partial charge on any atom is 0.262 e. The minimum atomic E-state index is -0.303. The third-order valence-electron chi connectivity index (χ3n) is 4.15. The van der Waals surface area contributed by atoms with Gasteiger partial charge in [0.1, 0.15) is 12.4 Å². The lowest BCUT2D eigenvalue weighted by atomic mass is 10.2. The van der Waals surface area contributed by atoms with E-state index >= 15 is 0 Å². The average Bonchev–Trinajstić information content (AvgIpc) is 2.80. The molecule has 0 heterocycles. The molecule has 0 fully saturated rings. The normalized spacial score (nSPS) is 10.4. The molecule has 152 valence electrons. The molecule has 30 heavy (non-hydrogen) atoms. The molecule has 0 saturated heterocycles. The van der Waals surface area contributed by atoms with Gasteiger partial charge in [0.25, 0.3) is 5.91 Å². The summed E-state index contributed by atoms with van der Waals surface area (Å²) < 4.78 is 5.76. The minimum Gasteiger partial charge on any atom is -0.489 e. The molecule has 0 radical (unpaired) electrons. The number of carbonyl (C=O) groups excluding carboxylic acids is 1. The van der Waals surface area contributed by atoms with Crippen LogP contribution in [0.25, 0.3) is 6.08 Å². The highest BCUT2D eigenvalue weighted by Crippen LogP contribution is 2.15. The number of amides is 1. The van der Waals surface area contributed by atoms with Crippen LogP contribution in [0.3, 0.4) is 0 Å². The van der Waals surface area contributed by atoms with Crippen molar-refractivity contribution >= 4 is 29.3 Å². The number of carbonyl (C=O) groups is 1. The van der Waals surface area contributed by atoms with E-state index < -0.39 is 0 Å². The lowest BCUT2D eigenvalue weighted by Crippen LogP contribution is -2.45. The first-order valence-corrected chi connectivity index (χ1v) is 9.92. The molecule has 5 nitrogen and oxygen atoms in total. The van der Waals surface area contributed by atoms with Crippen LogP contribution in [0, 0.1) is 0 Å². The van der Waals surface area contributed by atoms with E-state index in [1.54, 1.807) is 6.08 Å². The summed E-state index contributed by atoms with van der Waals surface area (Å²) in [7, 11) is 0. The summed E-state index contributed by atoms with van der Waals surface area (Å²) in [6, 6.07) is 27.4. The van der Waals surface area contributed by atoms with Gasteiger partial charge in [0.05, 0.1) is 0 Å². The summed E-state index contributed by atoms with van der Waals surface area (Å²) in [4.78, 5) is 11.9. The van der Waals surface area contributed by atoms with Crippen molar-refractivity contribution in [2.24, 2.45) is 0 Å². The first kappa shape index (κ1) is 21.1. The lowest BCUT2D eigenvalue weighted by Gasteiger charge is -2.10. The minimum absolute atomic E-state index is 0.303. The van der Waals surface area contributed by atoms with Gasteiger partial charge in [-0.25, -0.2) is 0 Å². The Bertz CT molecular complexity index is 974. The lowest BCUT2D eigenvalue weighted by molar-refractivity contribution is -0.116. The van der Waals surface area contributed by atoms with E-state index in [1.165, 1.54) is 6.08 Å². The second-order valence-electron chi connectivity index (χ2n) is 6.46. The van der Waals surface area contributed by atoms with Gasteiger partial charge >= 0.3 is 0 Å². The van der Waals surface area contributed by atoms with Gasteiger partial charge in [-0.2, -0.15) is 0 Å². The maximum atomic E-state index is 11.9. The van der Waals surface area contributed by atoms with Crippen LogP contribution in [0.4, 0.5) is 0 Å². The van der Waals surface area contributed by atoms with E-state index in [0.717, 1.165) is 22.4 Å². The zero-order valence-electron chi connectivity index (χ0n) is 16.4. The van der Waals surface area contributed by atoms with Crippen molar-refractivity contribution in [3.05, 3.63) is 108 Å². The number of ether oxygens (including phenoxy) is 1. The molecule has 0 aliphatic carbocycles. The summed E-state index contributed by atoms with van der Waals surface area (Å²) >= 11 is 5.15. The molecule has 0 spiro atoms. The fourth-order valence-corrected chi connectivity index (χ4v) is 2.69. The van der Waals surface area contributed by atoms with Crippen molar-refractivity contribution in [1.82, 2.24) is 16.2 Å². The van der Waals surface area contributed by atoms with E-state index in [9.17, 15) is 4.79 Å². The Labute approximate surface area is 181 Å². The van der Waals surface area contributed by atoms with Crippen molar-refractivity contribution in [3.8, 4) is 5.75 Å². The topological polar surface area (TPSA) is 62.4 Å². The molecular weight excluding hydrogens is 394 g/mol. The monoisotopic (exact) mass is 417 g/mol. The summed E-state index contributed by atoms with van der Waals surface area (Å²) in [6.45, 7) is 1.10. The fourth-order valence-electron chi connectivity index (χ4n) is 2.57. The number of hydrogen-bond donors (Lipinski definition) is 3. The van der Waals surface area contributed by atoms with Crippen LogP contribution in [0.1, 0.15) is 16.7 Å². The molecule has 6 heteroatoms. The van der Waals surface area contributed by atoms with Crippen LogP contribution in [0.15, 0.2) is 91.0 Å². The highest BCUT2D eigenvalue weighted by Gasteiger charge is 1.99. The number of thiocarbonyl (C=S) groups is 1. The standard InChI is InChI=1S/C24H23N3O2S/c28-23(26-27-24(30)25-17-20-7-3-1-4-8-20)16-13-19-11-14-22(15-12-19)29-18-21-9-5-2-6-10-21/h1-16H,17-18H2,(H,26,28)(H2,25,27,30)/b16-13+. The second-order valence-corrected chi connectivity index (χ2v) is 6.87. The van der Waals surface area contributed by atoms with Crippen molar-refractivity contribution in [3.63, 3.8) is 0 Å². The Balaban J connectivity index is 1.38. The quantitative estimate of drug-likeness (QED) is 0.308. The van der Waals surface area contributed by atoms with Gasteiger partial charge in [0.2, 0.25) is 0 Å². The molecule has 0 aromatic heterocycles. The smallest absolute Gasteiger partial charge is 0.262 e. The number of rotatable bonds is 7. The molecule has 0 unspecified atom stereocenters. The predicted octanol–water partition coefficient (Wildman–Crippen LogP) is 3.97. The Morgan fingerprint density at radius 2 is 1.47 bits per heavy atom. The third kappa shape index (κ3) is 7.41. The molecule has 0 bridgehead atoms. The Hall–Kier alpha value is -3.64. The van der Waals surface area contributed by atoms with Crippen molar-refractivity contribution in [2.75, 3.05) is 0 Å². The first-order chi connectivity index (χ1) is 14.7. The van der Waals surface area contributed by atoms with E-state index in [4.69, 9.17) is 17.0 Å². The van der Waals surface area contributed by atoms with Gasteiger partial charge in [0, 0.05) is 12.6 Å². The highest BCUT2D eigenvalue weighted by atomic mass is 32.1. The predicted molar refractivity (Wildman–Crippen MR) is 123 cm³/mol. The van der Waals surface area contributed by atoms with Crippen LogP contribution in [0.5, 0.6) is 5.75 Å².